The van der Waals surface area contributed by atoms with Crippen molar-refractivity contribution >= 4 is 40.2 Å². The third-order valence-corrected chi connectivity index (χ3v) is 6.38. The quantitative estimate of drug-likeness (QED) is 0.381. The molecule has 0 N–H and O–H groups in total. The molecule has 8 nitrogen and oxygen atoms in total. The molecule has 0 saturated heterocycles. The van der Waals surface area contributed by atoms with Crippen molar-refractivity contribution in [1.29, 1.82) is 0 Å². The molecule has 3 heterocycles. The minimum absolute atomic E-state index is 0.0427. The molecular formula is C25H23N5O3S. The number of anilines is 1. The van der Waals surface area contributed by atoms with Crippen LogP contribution in [0.3, 0.4) is 0 Å². The summed E-state index contributed by atoms with van der Waals surface area (Å²) in [6.45, 7) is 3.64. The molecule has 0 aliphatic carbocycles. The molecular weight excluding hydrogens is 450 g/mol. The lowest BCUT2D eigenvalue weighted by atomic mass is 10.1. The summed E-state index contributed by atoms with van der Waals surface area (Å²) in [6.07, 6.45) is 3.40. The van der Waals surface area contributed by atoms with Gasteiger partial charge >= 0.3 is 0 Å². The topological polar surface area (TPSA) is 90.2 Å². The van der Waals surface area contributed by atoms with Gasteiger partial charge in [0.1, 0.15) is 0 Å². The minimum atomic E-state index is -0.850. The lowest BCUT2D eigenvalue weighted by Crippen LogP contribution is -2.37. The van der Waals surface area contributed by atoms with Crippen LogP contribution in [0.25, 0.3) is 22.2 Å². The molecule has 4 aromatic rings. The Kier molecular flexibility index (Phi) is 5.79. The lowest BCUT2D eigenvalue weighted by Gasteiger charge is -2.30. The van der Waals surface area contributed by atoms with Crippen molar-refractivity contribution in [1.82, 2.24) is 19.7 Å². The number of hydrogen-bond acceptors (Lipinski definition) is 7. The summed E-state index contributed by atoms with van der Waals surface area (Å²) in [5.41, 5.74) is 3.30. The van der Waals surface area contributed by atoms with Crippen molar-refractivity contribution < 1.29 is 14.3 Å². The van der Waals surface area contributed by atoms with E-state index in [1.165, 1.54) is 11.8 Å². The largest absolute Gasteiger partial charge is 0.447 e. The van der Waals surface area contributed by atoms with E-state index < -0.39 is 6.23 Å². The Labute approximate surface area is 201 Å². The summed E-state index contributed by atoms with van der Waals surface area (Å²) in [6, 6.07) is 15.1. The second-order valence-electron chi connectivity index (χ2n) is 7.78. The number of para-hydroxylation sites is 2. The summed E-state index contributed by atoms with van der Waals surface area (Å²) < 4.78 is 8.12. The zero-order chi connectivity index (χ0) is 23.8. The second-order valence-corrected chi connectivity index (χ2v) is 8.55. The van der Waals surface area contributed by atoms with Crippen LogP contribution in [-0.4, -0.2) is 37.8 Å². The van der Waals surface area contributed by atoms with Gasteiger partial charge in [0.2, 0.25) is 29.1 Å². The molecule has 5 rings (SSSR count). The van der Waals surface area contributed by atoms with Gasteiger partial charge in [-0.3, -0.25) is 19.1 Å². The number of hydrogen-bond donors (Lipinski definition) is 0. The first-order valence-electron chi connectivity index (χ1n) is 11.1. The maximum Gasteiger partial charge on any atom is 0.247 e. The van der Waals surface area contributed by atoms with E-state index in [2.05, 4.69) is 15.2 Å². The van der Waals surface area contributed by atoms with E-state index in [9.17, 15) is 9.59 Å². The Hall–Kier alpha value is -3.72. The van der Waals surface area contributed by atoms with E-state index in [0.29, 0.717) is 40.0 Å². The highest BCUT2D eigenvalue weighted by molar-refractivity contribution is 7.98. The van der Waals surface area contributed by atoms with E-state index in [1.807, 2.05) is 68.6 Å². The SMILES string of the molecule is CCC(=O)N1c2ccccc2-c2nnc(SC)nc2O[C@H]1c1cn(C(=O)CC)c2ccccc12. The van der Waals surface area contributed by atoms with E-state index in [1.54, 1.807) is 15.7 Å². The summed E-state index contributed by atoms with van der Waals surface area (Å²) in [5.74, 6) is 0.128. The van der Waals surface area contributed by atoms with E-state index in [-0.39, 0.29) is 18.2 Å². The molecule has 9 heteroatoms. The average molecular weight is 474 g/mol. The van der Waals surface area contributed by atoms with Gasteiger partial charge in [-0.2, -0.15) is 4.98 Å². The van der Waals surface area contributed by atoms with E-state index >= 15 is 0 Å². The molecule has 0 fully saturated rings. The number of ether oxygens (including phenoxy) is 1. The number of amides is 1. The fourth-order valence-electron chi connectivity index (χ4n) is 4.22. The van der Waals surface area contributed by atoms with Gasteiger partial charge in [-0.15, -0.1) is 10.2 Å². The zero-order valence-electron chi connectivity index (χ0n) is 19.1. The Morgan fingerprint density at radius 2 is 1.74 bits per heavy atom. The van der Waals surface area contributed by atoms with Crippen LogP contribution >= 0.6 is 11.8 Å². The van der Waals surface area contributed by atoms with Crippen molar-refractivity contribution in [2.24, 2.45) is 0 Å². The van der Waals surface area contributed by atoms with E-state index in [4.69, 9.17) is 4.74 Å². The number of thioether (sulfide) groups is 1. The summed E-state index contributed by atoms with van der Waals surface area (Å²) in [4.78, 5) is 32.4. The lowest BCUT2D eigenvalue weighted by molar-refractivity contribution is -0.120. The predicted octanol–water partition coefficient (Wildman–Crippen LogP) is 5.10. The second kappa shape index (κ2) is 8.90. The van der Waals surface area contributed by atoms with Gasteiger partial charge in [-0.25, -0.2) is 0 Å². The number of rotatable bonds is 4. The van der Waals surface area contributed by atoms with Crippen LogP contribution in [0, 0.1) is 0 Å². The Balaban J connectivity index is 1.81. The molecule has 2 aromatic heterocycles. The first-order chi connectivity index (χ1) is 16.6. The first kappa shape index (κ1) is 22.1. The molecule has 1 aliphatic heterocycles. The molecule has 0 bridgehead atoms. The number of benzene rings is 2. The van der Waals surface area contributed by atoms with Gasteiger partial charge in [0.15, 0.2) is 5.69 Å². The van der Waals surface area contributed by atoms with Gasteiger partial charge in [0.25, 0.3) is 0 Å². The van der Waals surface area contributed by atoms with Crippen molar-refractivity contribution in [2.75, 3.05) is 11.2 Å². The summed E-state index contributed by atoms with van der Waals surface area (Å²) >= 11 is 1.36. The number of carbonyl (C=O) groups is 2. The van der Waals surface area contributed by atoms with Gasteiger partial charge in [0, 0.05) is 35.6 Å². The Morgan fingerprint density at radius 3 is 2.50 bits per heavy atom. The van der Waals surface area contributed by atoms with Gasteiger partial charge in [0.05, 0.1) is 11.2 Å². The molecule has 1 amide bonds. The van der Waals surface area contributed by atoms with Gasteiger partial charge in [-0.05, 0) is 18.4 Å². The molecule has 172 valence electrons. The molecule has 0 spiro atoms. The normalized spacial score (nSPS) is 14.8. The molecule has 1 atom stereocenters. The molecule has 2 aromatic carbocycles. The Bertz CT molecular complexity index is 1420. The van der Waals surface area contributed by atoms with Crippen molar-refractivity contribution in [3.8, 4) is 17.1 Å². The van der Waals surface area contributed by atoms with E-state index in [0.717, 1.165) is 10.9 Å². The average Bonchev–Trinajstić information content (AvgIpc) is 3.20. The maximum atomic E-state index is 13.4. The van der Waals surface area contributed by atoms with Gasteiger partial charge < -0.3 is 4.74 Å². The number of nitrogens with zero attached hydrogens (tertiary/aromatic N) is 5. The Morgan fingerprint density at radius 1 is 1.00 bits per heavy atom. The van der Waals surface area contributed by atoms with Crippen LogP contribution in [0.4, 0.5) is 5.69 Å². The molecule has 0 saturated carbocycles. The van der Waals surface area contributed by atoms with Crippen molar-refractivity contribution in [3.63, 3.8) is 0 Å². The summed E-state index contributed by atoms with van der Waals surface area (Å²) in [5, 5.41) is 9.89. The van der Waals surface area contributed by atoms with Crippen LogP contribution in [0.15, 0.2) is 59.9 Å². The standard InChI is InChI=1S/C25H23N5O3S/c1-4-20(31)29-14-17(15-10-6-8-12-18(15)29)24-30(21(32)5-2)19-13-9-7-11-16(19)22-23(33-24)26-25(34-3)28-27-22/h6-14,24H,4-5H2,1-3H3/t24-/m0/s1. The molecule has 1 aliphatic rings. The smallest absolute Gasteiger partial charge is 0.247 e. The van der Waals surface area contributed by atoms with Crippen LogP contribution in [-0.2, 0) is 4.79 Å². The van der Waals surface area contributed by atoms with Crippen molar-refractivity contribution in [2.45, 2.75) is 38.1 Å². The predicted molar refractivity (Wildman–Crippen MR) is 131 cm³/mol. The fourth-order valence-corrected chi connectivity index (χ4v) is 4.52. The van der Waals surface area contributed by atoms with Crippen LogP contribution < -0.4 is 9.64 Å². The fraction of sp³-hybridized carbons (Fsp3) is 0.240. The molecule has 34 heavy (non-hydrogen) atoms. The summed E-state index contributed by atoms with van der Waals surface area (Å²) in [7, 11) is 0. The molecule has 0 radical (unpaired) electrons. The molecule has 0 unspecified atom stereocenters. The third-order valence-electron chi connectivity index (χ3n) is 5.85. The van der Waals surface area contributed by atoms with Crippen LogP contribution in [0.5, 0.6) is 5.88 Å². The van der Waals surface area contributed by atoms with Crippen molar-refractivity contribution in [3.05, 3.63) is 60.3 Å². The zero-order valence-corrected chi connectivity index (χ0v) is 19.9. The van der Waals surface area contributed by atoms with Crippen LogP contribution in [0.2, 0.25) is 0 Å². The first-order valence-corrected chi connectivity index (χ1v) is 12.3. The highest BCUT2D eigenvalue weighted by Crippen LogP contribution is 2.45. The number of carbonyl (C=O) groups excluding carboxylic acids is 2. The number of fused-ring (bicyclic) bond motifs is 4. The third kappa shape index (κ3) is 3.52. The monoisotopic (exact) mass is 473 g/mol. The highest BCUT2D eigenvalue weighted by Gasteiger charge is 2.37. The van der Waals surface area contributed by atoms with Crippen LogP contribution in [0.1, 0.15) is 43.3 Å². The maximum absolute atomic E-state index is 13.4. The van der Waals surface area contributed by atoms with Gasteiger partial charge in [-0.1, -0.05) is 62.0 Å². The minimum Gasteiger partial charge on any atom is -0.447 e. The number of aromatic nitrogens is 4. The highest BCUT2D eigenvalue weighted by atomic mass is 32.2.